The van der Waals surface area contributed by atoms with E-state index in [4.69, 9.17) is 21.6 Å². The van der Waals surface area contributed by atoms with Crippen molar-refractivity contribution < 1.29 is 23.8 Å². The lowest BCUT2D eigenvalue weighted by Crippen LogP contribution is -2.36. The molecule has 3 N–H and O–H groups in total. The Morgan fingerprint density at radius 3 is 2.76 bits per heavy atom. The summed E-state index contributed by atoms with van der Waals surface area (Å²) in [6.07, 6.45) is -0.663. The Hall–Kier alpha value is -3.15. The Bertz CT molecular complexity index is 917. The first kappa shape index (κ1) is 22.1. The van der Waals surface area contributed by atoms with E-state index in [2.05, 4.69) is 10.6 Å². The average molecular weight is 420 g/mol. The quantitative estimate of drug-likeness (QED) is 0.575. The van der Waals surface area contributed by atoms with Crippen LogP contribution in [0.3, 0.4) is 0 Å². The Labute approximate surface area is 172 Å². The Morgan fingerprint density at radius 2 is 2.03 bits per heavy atom. The van der Waals surface area contributed by atoms with Crippen LogP contribution in [0.15, 0.2) is 42.5 Å². The third-order valence-electron chi connectivity index (χ3n) is 3.81. The highest BCUT2D eigenvalue weighted by molar-refractivity contribution is 6.30. The van der Waals surface area contributed by atoms with Crippen molar-refractivity contribution in [1.29, 1.82) is 5.26 Å². The summed E-state index contributed by atoms with van der Waals surface area (Å²) in [6, 6.07) is 12.0. The van der Waals surface area contributed by atoms with E-state index in [9.17, 15) is 19.1 Å². The van der Waals surface area contributed by atoms with Crippen molar-refractivity contribution in [1.82, 2.24) is 10.6 Å². The van der Waals surface area contributed by atoms with Crippen molar-refractivity contribution in [3.63, 3.8) is 0 Å². The molecule has 0 saturated heterocycles. The highest BCUT2D eigenvalue weighted by Crippen LogP contribution is 2.20. The largest absolute Gasteiger partial charge is 0.484 e. The summed E-state index contributed by atoms with van der Waals surface area (Å²) in [7, 11) is 0. The molecule has 2 amide bonds. The van der Waals surface area contributed by atoms with E-state index in [-0.39, 0.29) is 36.9 Å². The average Bonchev–Trinajstić information content (AvgIpc) is 2.72. The molecular formula is C20H19ClFN3O4. The maximum Gasteiger partial charge on any atom is 0.257 e. The van der Waals surface area contributed by atoms with E-state index in [0.29, 0.717) is 11.1 Å². The standard InChI is InChI=1S/C20H19ClFN3O4/c21-17-5-4-16(9-18(17)22)29-12-19(27)24-7-6-15(26)11-25-20(28)14-3-1-2-13(8-14)10-23/h1-5,8-9,15,26H,6-7,11-12H2,(H,24,27)(H,25,28). The van der Waals surface area contributed by atoms with E-state index in [1.54, 1.807) is 18.2 Å². The van der Waals surface area contributed by atoms with E-state index >= 15 is 0 Å². The predicted molar refractivity (Wildman–Crippen MR) is 104 cm³/mol. The van der Waals surface area contributed by atoms with Gasteiger partial charge < -0.3 is 20.5 Å². The summed E-state index contributed by atoms with van der Waals surface area (Å²) < 4.78 is 18.4. The van der Waals surface area contributed by atoms with Crippen molar-refractivity contribution in [2.75, 3.05) is 19.7 Å². The van der Waals surface area contributed by atoms with Gasteiger partial charge in [-0.05, 0) is 36.8 Å². The van der Waals surface area contributed by atoms with Crippen LogP contribution in [-0.2, 0) is 4.79 Å². The third-order valence-corrected chi connectivity index (χ3v) is 4.12. The number of carbonyl (C=O) groups excluding carboxylic acids is 2. The maximum absolute atomic E-state index is 13.3. The molecule has 2 aromatic rings. The molecule has 1 atom stereocenters. The molecule has 9 heteroatoms. The zero-order chi connectivity index (χ0) is 21.2. The molecule has 0 aliphatic rings. The third kappa shape index (κ3) is 7.41. The number of ether oxygens (including phenoxy) is 1. The number of nitrogens with one attached hydrogen (secondary N) is 2. The molecule has 2 aromatic carbocycles. The van der Waals surface area contributed by atoms with E-state index in [0.717, 1.165) is 6.07 Å². The normalized spacial score (nSPS) is 11.2. The van der Waals surface area contributed by atoms with Crippen LogP contribution in [0.1, 0.15) is 22.3 Å². The number of nitrogens with zero attached hydrogens (tertiary/aromatic N) is 1. The number of rotatable bonds is 9. The molecule has 2 rings (SSSR count). The first-order chi connectivity index (χ1) is 13.9. The first-order valence-corrected chi connectivity index (χ1v) is 9.08. The second kappa shape index (κ2) is 11.0. The minimum atomic E-state index is -0.871. The lowest BCUT2D eigenvalue weighted by molar-refractivity contribution is -0.123. The van der Waals surface area contributed by atoms with Gasteiger partial charge in [-0.1, -0.05) is 17.7 Å². The Balaban J connectivity index is 1.65. The lowest BCUT2D eigenvalue weighted by Gasteiger charge is -2.13. The molecule has 152 valence electrons. The van der Waals surface area contributed by atoms with Gasteiger partial charge in [0.15, 0.2) is 6.61 Å². The van der Waals surface area contributed by atoms with Gasteiger partial charge in [0.2, 0.25) is 0 Å². The lowest BCUT2D eigenvalue weighted by atomic mass is 10.1. The van der Waals surface area contributed by atoms with Crippen LogP contribution in [0.5, 0.6) is 5.75 Å². The van der Waals surface area contributed by atoms with Gasteiger partial charge in [-0.25, -0.2) is 4.39 Å². The van der Waals surface area contributed by atoms with Gasteiger partial charge in [0, 0.05) is 24.7 Å². The number of halogens is 2. The first-order valence-electron chi connectivity index (χ1n) is 8.70. The second-order valence-electron chi connectivity index (χ2n) is 6.06. The fourth-order valence-corrected chi connectivity index (χ4v) is 2.41. The number of amides is 2. The van der Waals surface area contributed by atoms with Gasteiger partial charge in [-0.3, -0.25) is 9.59 Å². The molecule has 7 nitrogen and oxygen atoms in total. The number of carbonyl (C=O) groups is 2. The highest BCUT2D eigenvalue weighted by Gasteiger charge is 2.11. The van der Waals surface area contributed by atoms with Crippen LogP contribution >= 0.6 is 11.6 Å². The van der Waals surface area contributed by atoms with Gasteiger partial charge in [-0.2, -0.15) is 5.26 Å². The van der Waals surface area contributed by atoms with Crippen LogP contribution < -0.4 is 15.4 Å². The summed E-state index contributed by atoms with van der Waals surface area (Å²) in [5.41, 5.74) is 0.685. The van der Waals surface area contributed by atoms with Gasteiger partial charge in [0.25, 0.3) is 11.8 Å². The van der Waals surface area contributed by atoms with E-state index in [1.165, 1.54) is 18.2 Å². The van der Waals surface area contributed by atoms with E-state index in [1.807, 2.05) is 6.07 Å². The van der Waals surface area contributed by atoms with Gasteiger partial charge in [-0.15, -0.1) is 0 Å². The molecular weight excluding hydrogens is 401 g/mol. The molecule has 0 heterocycles. The zero-order valence-electron chi connectivity index (χ0n) is 15.3. The van der Waals surface area contributed by atoms with Gasteiger partial charge in [0.1, 0.15) is 11.6 Å². The van der Waals surface area contributed by atoms with Crippen molar-refractivity contribution in [2.45, 2.75) is 12.5 Å². The number of aliphatic hydroxyl groups is 1. The van der Waals surface area contributed by atoms with Crippen molar-refractivity contribution in [3.8, 4) is 11.8 Å². The number of hydrogen-bond donors (Lipinski definition) is 3. The number of aliphatic hydroxyl groups excluding tert-OH is 1. The summed E-state index contributed by atoms with van der Waals surface area (Å²) >= 11 is 5.56. The highest BCUT2D eigenvalue weighted by atomic mass is 35.5. The minimum Gasteiger partial charge on any atom is -0.484 e. The van der Waals surface area contributed by atoms with Crippen LogP contribution in [0.4, 0.5) is 4.39 Å². The van der Waals surface area contributed by atoms with Crippen LogP contribution in [0.2, 0.25) is 5.02 Å². The van der Waals surface area contributed by atoms with Crippen molar-refractivity contribution in [2.24, 2.45) is 0 Å². The van der Waals surface area contributed by atoms with Crippen LogP contribution in [0.25, 0.3) is 0 Å². The van der Waals surface area contributed by atoms with Gasteiger partial charge in [0.05, 0.1) is 22.8 Å². The molecule has 0 aliphatic carbocycles. The molecule has 0 spiro atoms. The second-order valence-corrected chi connectivity index (χ2v) is 6.47. The molecule has 0 aliphatic heterocycles. The van der Waals surface area contributed by atoms with Crippen molar-refractivity contribution >= 4 is 23.4 Å². The summed E-state index contributed by atoms with van der Waals surface area (Å²) in [4.78, 5) is 23.7. The molecule has 29 heavy (non-hydrogen) atoms. The maximum atomic E-state index is 13.3. The Kier molecular flexibility index (Phi) is 8.40. The molecule has 0 radical (unpaired) electrons. The molecule has 0 bridgehead atoms. The number of benzene rings is 2. The summed E-state index contributed by atoms with van der Waals surface area (Å²) in [6.45, 7) is -0.159. The van der Waals surface area contributed by atoms with E-state index < -0.39 is 23.7 Å². The molecule has 0 saturated carbocycles. The Morgan fingerprint density at radius 1 is 1.24 bits per heavy atom. The fraction of sp³-hybridized carbons (Fsp3) is 0.250. The molecule has 0 fully saturated rings. The fourth-order valence-electron chi connectivity index (χ4n) is 2.29. The van der Waals surface area contributed by atoms with Crippen LogP contribution in [-0.4, -0.2) is 42.7 Å². The van der Waals surface area contributed by atoms with Gasteiger partial charge >= 0.3 is 0 Å². The smallest absolute Gasteiger partial charge is 0.257 e. The van der Waals surface area contributed by atoms with Crippen molar-refractivity contribution in [3.05, 3.63) is 64.4 Å². The summed E-state index contributed by atoms with van der Waals surface area (Å²) in [5, 5.41) is 23.8. The minimum absolute atomic E-state index is 0.00790. The predicted octanol–water partition coefficient (Wildman–Crippen LogP) is 2.03. The number of hydrogen-bond acceptors (Lipinski definition) is 5. The SMILES string of the molecule is N#Cc1cccc(C(=O)NCC(O)CCNC(=O)COc2ccc(Cl)c(F)c2)c1. The summed E-state index contributed by atoms with van der Waals surface area (Å²) in [5.74, 6) is -1.32. The zero-order valence-corrected chi connectivity index (χ0v) is 16.1. The molecule has 1 unspecified atom stereocenters. The number of nitriles is 1. The van der Waals surface area contributed by atoms with Crippen LogP contribution in [0, 0.1) is 17.1 Å². The molecule has 0 aromatic heterocycles. The monoisotopic (exact) mass is 419 g/mol. The topological polar surface area (TPSA) is 111 Å².